The number of aliphatic hydroxyl groups excluding tert-OH is 6. The highest BCUT2D eigenvalue weighted by atomic mass is 16.7. The zero-order chi connectivity index (χ0) is 29.0. The zero-order valence-electron chi connectivity index (χ0n) is 21.5. The lowest BCUT2D eigenvalue weighted by atomic mass is 9.83. The highest BCUT2D eigenvalue weighted by Gasteiger charge is 2.51. The molecule has 1 aliphatic carbocycles. The van der Waals surface area contributed by atoms with E-state index in [9.17, 15) is 35.4 Å². The van der Waals surface area contributed by atoms with E-state index in [0.29, 0.717) is 0 Å². The van der Waals surface area contributed by atoms with E-state index < -0.39 is 104 Å². The predicted octanol–water partition coefficient (Wildman–Crippen LogP) is -7.43. The molecule has 0 radical (unpaired) electrons. The van der Waals surface area contributed by atoms with Crippen LogP contribution >= 0.6 is 0 Å². The SMILES string of the molecule is NCCC(O)C(=O)NC1CC(N)C(OC2OC(CN)C(O)C(O)C2N)C(O)C1OC1CC(N)C(O)C(CO)O1. The second-order valence-electron chi connectivity index (χ2n) is 10.3. The lowest BCUT2D eigenvalue weighted by Crippen LogP contribution is -2.69. The fraction of sp³-hybridized carbons (Fsp3) is 0.955. The standard InChI is InChI=1S/C22H44N6O11/c23-2-1-10(30)21(35)28-9-3-8(26)19(39-22-14(27)17(33)16(32)11(5-24)37-22)18(34)20(9)38-13-4-7(25)15(31)12(6-29)36-13/h7-20,22,29-34H,1-6,23-27H2,(H,28,35). The first-order chi connectivity index (χ1) is 18.4. The molecule has 17 nitrogen and oxygen atoms in total. The average Bonchev–Trinajstić information content (AvgIpc) is 2.90. The zero-order valence-corrected chi connectivity index (χ0v) is 21.5. The third-order valence-electron chi connectivity index (χ3n) is 7.46. The van der Waals surface area contributed by atoms with Crippen LogP contribution in [0.3, 0.4) is 0 Å². The molecule has 0 bridgehead atoms. The average molecular weight is 569 g/mol. The summed E-state index contributed by atoms with van der Waals surface area (Å²) in [5.74, 6) is -0.761. The number of carbonyl (C=O) groups excluding carboxylic acids is 1. The van der Waals surface area contributed by atoms with Crippen LogP contribution in [0, 0.1) is 0 Å². The normalized spacial score (nSPS) is 46.0. The second-order valence-corrected chi connectivity index (χ2v) is 10.3. The molecule has 17 heteroatoms. The number of hydrogen-bond donors (Lipinski definition) is 12. The first-order valence-electron chi connectivity index (χ1n) is 13.0. The molecule has 17 N–H and O–H groups in total. The van der Waals surface area contributed by atoms with Crippen molar-refractivity contribution in [2.24, 2.45) is 28.7 Å². The summed E-state index contributed by atoms with van der Waals surface area (Å²) in [5.41, 5.74) is 29.3. The molecule has 15 atom stereocenters. The molecule has 3 fully saturated rings. The molecule has 0 aromatic rings. The first kappa shape index (κ1) is 32.4. The Morgan fingerprint density at radius 3 is 2.21 bits per heavy atom. The maximum absolute atomic E-state index is 12.6. The van der Waals surface area contributed by atoms with Crippen molar-refractivity contribution in [3.05, 3.63) is 0 Å². The molecule has 15 unspecified atom stereocenters. The van der Waals surface area contributed by atoms with Crippen LogP contribution in [0.25, 0.3) is 0 Å². The first-order valence-corrected chi connectivity index (χ1v) is 13.0. The third-order valence-corrected chi connectivity index (χ3v) is 7.46. The van der Waals surface area contributed by atoms with Crippen LogP contribution in [0.5, 0.6) is 0 Å². The van der Waals surface area contributed by atoms with Gasteiger partial charge in [0.15, 0.2) is 12.6 Å². The van der Waals surface area contributed by atoms with E-state index in [4.69, 9.17) is 47.6 Å². The van der Waals surface area contributed by atoms with Gasteiger partial charge in [0.1, 0.15) is 48.8 Å². The molecule has 3 aliphatic rings. The molecule has 2 aliphatic heterocycles. The Hall–Kier alpha value is -1.13. The summed E-state index contributed by atoms with van der Waals surface area (Å²) in [6.45, 7) is -0.633. The summed E-state index contributed by atoms with van der Waals surface area (Å²) >= 11 is 0. The van der Waals surface area contributed by atoms with Crippen LogP contribution in [0.15, 0.2) is 0 Å². The van der Waals surface area contributed by atoms with Crippen molar-refractivity contribution in [2.75, 3.05) is 19.7 Å². The van der Waals surface area contributed by atoms with Gasteiger partial charge in [-0.3, -0.25) is 4.79 Å². The maximum atomic E-state index is 12.6. The van der Waals surface area contributed by atoms with E-state index in [2.05, 4.69) is 5.32 Å². The number of aliphatic hydroxyl groups is 6. The van der Waals surface area contributed by atoms with Crippen LogP contribution in [-0.4, -0.2) is 148 Å². The van der Waals surface area contributed by atoms with Gasteiger partial charge < -0.3 is 83.6 Å². The number of carbonyl (C=O) groups is 1. The summed E-state index contributed by atoms with van der Waals surface area (Å²) in [6.07, 6.45) is -13.8. The van der Waals surface area contributed by atoms with Gasteiger partial charge in [0.05, 0.1) is 24.8 Å². The summed E-state index contributed by atoms with van der Waals surface area (Å²) in [7, 11) is 0. The second kappa shape index (κ2) is 14.2. The Bertz CT molecular complexity index is 787. The van der Waals surface area contributed by atoms with Gasteiger partial charge in [-0.25, -0.2) is 0 Å². The monoisotopic (exact) mass is 568 g/mol. The van der Waals surface area contributed by atoms with Gasteiger partial charge in [-0.15, -0.1) is 0 Å². The smallest absolute Gasteiger partial charge is 0.249 e. The maximum Gasteiger partial charge on any atom is 0.249 e. The summed E-state index contributed by atoms with van der Waals surface area (Å²) in [6, 6.07) is -3.89. The molecular weight excluding hydrogens is 524 g/mol. The number of nitrogens with one attached hydrogen (secondary N) is 1. The van der Waals surface area contributed by atoms with Crippen molar-refractivity contribution in [3.8, 4) is 0 Å². The minimum atomic E-state index is -1.54. The molecule has 1 amide bonds. The quantitative estimate of drug-likeness (QED) is 0.116. The molecule has 1 saturated carbocycles. The molecule has 2 saturated heterocycles. The van der Waals surface area contributed by atoms with E-state index >= 15 is 0 Å². The van der Waals surface area contributed by atoms with E-state index in [-0.39, 0.29) is 32.4 Å². The van der Waals surface area contributed by atoms with Crippen molar-refractivity contribution in [1.82, 2.24) is 5.32 Å². The molecular formula is C22H44N6O11. The Kier molecular flexibility index (Phi) is 11.8. The highest BCUT2D eigenvalue weighted by molar-refractivity contribution is 5.80. The predicted molar refractivity (Wildman–Crippen MR) is 132 cm³/mol. The molecule has 3 rings (SSSR count). The van der Waals surface area contributed by atoms with Gasteiger partial charge in [0, 0.05) is 25.0 Å². The lowest BCUT2D eigenvalue weighted by molar-refractivity contribution is -0.304. The van der Waals surface area contributed by atoms with E-state index in [1.165, 1.54) is 0 Å². The lowest BCUT2D eigenvalue weighted by Gasteiger charge is -2.48. The van der Waals surface area contributed by atoms with E-state index in [1.807, 2.05) is 0 Å². The van der Waals surface area contributed by atoms with E-state index in [0.717, 1.165) is 0 Å². The van der Waals surface area contributed by atoms with Gasteiger partial charge in [-0.2, -0.15) is 0 Å². The molecule has 0 aromatic carbocycles. The fourth-order valence-corrected chi connectivity index (χ4v) is 5.11. The number of nitrogens with two attached hydrogens (primary N) is 5. The van der Waals surface area contributed by atoms with Crippen molar-refractivity contribution < 1.29 is 54.4 Å². The van der Waals surface area contributed by atoms with Gasteiger partial charge in [0.25, 0.3) is 0 Å². The molecule has 0 aromatic heterocycles. The number of ether oxygens (including phenoxy) is 4. The largest absolute Gasteiger partial charge is 0.394 e. The summed E-state index contributed by atoms with van der Waals surface area (Å²) in [5, 5.41) is 64.2. The Labute approximate surface area is 225 Å². The molecule has 2 heterocycles. The van der Waals surface area contributed by atoms with Crippen molar-refractivity contribution >= 4 is 5.91 Å². The van der Waals surface area contributed by atoms with Gasteiger partial charge in [-0.05, 0) is 19.4 Å². The fourth-order valence-electron chi connectivity index (χ4n) is 5.11. The summed E-state index contributed by atoms with van der Waals surface area (Å²) in [4.78, 5) is 12.6. The minimum absolute atomic E-state index is 0.00548. The number of hydrogen-bond acceptors (Lipinski definition) is 16. The minimum Gasteiger partial charge on any atom is -0.394 e. The van der Waals surface area contributed by atoms with Crippen LogP contribution < -0.4 is 34.0 Å². The Morgan fingerprint density at radius 1 is 0.897 bits per heavy atom. The van der Waals surface area contributed by atoms with Gasteiger partial charge >= 0.3 is 0 Å². The van der Waals surface area contributed by atoms with Crippen LogP contribution in [0.4, 0.5) is 0 Å². The Balaban J connectivity index is 1.81. The van der Waals surface area contributed by atoms with E-state index in [1.54, 1.807) is 0 Å². The molecule has 228 valence electrons. The van der Waals surface area contributed by atoms with Crippen LogP contribution in [0.2, 0.25) is 0 Å². The molecule has 39 heavy (non-hydrogen) atoms. The highest BCUT2D eigenvalue weighted by Crippen LogP contribution is 2.31. The third kappa shape index (κ3) is 7.39. The van der Waals surface area contributed by atoms with Crippen molar-refractivity contribution in [2.45, 2.75) is 111 Å². The number of rotatable bonds is 10. The van der Waals surface area contributed by atoms with Crippen LogP contribution in [0.1, 0.15) is 19.3 Å². The van der Waals surface area contributed by atoms with Crippen molar-refractivity contribution in [1.29, 1.82) is 0 Å². The van der Waals surface area contributed by atoms with Gasteiger partial charge in [0.2, 0.25) is 5.91 Å². The van der Waals surface area contributed by atoms with Crippen molar-refractivity contribution in [3.63, 3.8) is 0 Å². The Morgan fingerprint density at radius 2 is 1.59 bits per heavy atom. The molecule has 0 spiro atoms. The van der Waals surface area contributed by atoms with Gasteiger partial charge in [-0.1, -0.05) is 0 Å². The number of amides is 1. The van der Waals surface area contributed by atoms with Crippen LogP contribution in [-0.2, 0) is 23.7 Å². The topological polar surface area (TPSA) is 318 Å². The summed E-state index contributed by atoms with van der Waals surface area (Å²) < 4.78 is 23.1.